The summed E-state index contributed by atoms with van der Waals surface area (Å²) in [5.41, 5.74) is 0.491. The van der Waals surface area contributed by atoms with Crippen LogP contribution in [0.1, 0.15) is 0 Å². The summed E-state index contributed by atoms with van der Waals surface area (Å²) in [4.78, 5) is 11.8. The molecule has 0 radical (unpaired) electrons. The van der Waals surface area contributed by atoms with Crippen molar-refractivity contribution < 1.29 is 28.6 Å². The average Bonchev–Trinajstić information content (AvgIpc) is 2.84. The zero-order valence-corrected chi connectivity index (χ0v) is 11.0. The van der Waals surface area contributed by atoms with Crippen LogP contribution in [0, 0.1) is 0 Å². The Labute approximate surface area is 114 Å². The molecule has 0 saturated carbocycles. The smallest absolute Gasteiger partial charge is 0.293 e. The molecule has 0 atom stereocenters. The number of carbonyl (C=O) groups is 1. The number of anilines is 1. The van der Waals surface area contributed by atoms with Gasteiger partial charge in [0.05, 0.1) is 25.2 Å². The van der Waals surface area contributed by atoms with E-state index in [2.05, 4.69) is 15.1 Å². The maximum atomic E-state index is 11.8. The van der Waals surface area contributed by atoms with E-state index >= 15 is 0 Å². The van der Waals surface area contributed by atoms with Crippen LogP contribution in [0.5, 0.6) is 17.4 Å². The summed E-state index contributed by atoms with van der Waals surface area (Å²) in [5, 5.41) is 16.8. The van der Waals surface area contributed by atoms with Gasteiger partial charge in [0.15, 0.2) is 0 Å². The lowest BCUT2D eigenvalue weighted by molar-refractivity contribution is -0.750. The van der Waals surface area contributed by atoms with Gasteiger partial charge in [-0.3, -0.25) is 4.79 Å². The largest absolute Gasteiger partial charge is 0.539 e. The molecule has 1 heterocycles. The molecule has 106 valence electrons. The van der Waals surface area contributed by atoms with E-state index in [9.17, 15) is 9.90 Å². The van der Waals surface area contributed by atoms with Crippen LogP contribution in [-0.4, -0.2) is 25.4 Å². The first-order chi connectivity index (χ1) is 9.62. The highest BCUT2D eigenvalue weighted by Crippen LogP contribution is 2.28. The molecule has 8 heteroatoms. The highest BCUT2D eigenvalue weighted by molar-refractivity contribution is 5.91. The first-order valence-corrected chi connectivity index (χ1v) is 5.67. The monoisotopic (exact) mass is 279 g/mol. The summed E-state index contributed by atoms with van der Waals surface area (Å²) in [5.74, 6) is 0.0979. The zero-order chi connectivity index (χ0) is 14.5. The molecule has 0 unspecified atom stereocenters. The molecular weight excluding hydrogens is 266 g/mol. The van der Waals surface area contributed by atoms with Gasteiger partial charge in [-0.1, -0.05) is 4.68 Å². The molecule has 0 saturated heterocycles. The third-order valence-electron chi connectivity index (χ3n) is 2.48. The van der Waals surface area contributed by atoms with Gasteiger partial charge in [0.25, 0.3) is 12.5 Å². The third-order valence-corrected chi connectivity index (χ3v) is 2.48. The SMILES string of the molecule is COc1ccc(NC(=O)C[n+]2cc([O-])on2)c(OC)c1. The first kappa shape index (κ1) is 13.7. The van der Waals surface area contributed by atoms with E-state index in [1.165, 1.54) is 14.2 Å². The molecule has 2 aromatic rings. The number of amides is 1. The summed E-state index contributed by atoms with van der Waals surface area (Å²) in [7, 11) is 3.02. The average molecular weight is 279 g/mol. The predicted octanol–water partition coefficient (Wildman–Crippen LogP) is -0.308. The summed E-state index contributed by atoms with van der Waals surface area (Å²) in [6.45, 7) is -0.138. The fourth-order valence-corrected chi connectivity index (χ4v) is 1.57. The fraction of sp³-hybridized carbons (Fsp3) is 0.250. The van der Waals surface area contributed by atoms with E-state index in [1.807, 2.05) is 0 Å². The second-order valence-corrected chi connectivity index (χ2v) is 3.83. The molecule has 8 nitrogen and oxygen atoms in total. The van der Waals surface area contributed by atoms with Crippen molar-refractivity contribution in [2.24, 2.45) is 0 Å². The van der Waals surface area contributed by atoms with Crippen molar-refractivity contribution in [1.82, 2.24) is 5.27 Å². The molecule has 2 rings (SSSR count). The molecule has 1 amide bonds. The van der Waals surface area contributed by atoms with Gasteiger partial charge in [-0.25, -0.2) is 0 Å². The standard InChI is InChI=1S/C12H13N3O5/c1-18-8-3-4-9(10(5-8)19-2)13-11(16)6-15-7-12(17)20-14-15/h3-5,7H,6H2,1-2H3,(H-,13,14,16,17). The van der Waals surface area contributed by atoms with Crippen LogP contribution in [0.3, 0.4) is 0 Å². The summed E-state index contributed by atoms with van der Waals surface area (Å²) >= 11 is 0. The van der Waals surface area contributed by atoms with E-state index in [4.69, 9.17) is 9.47 Å². The van der Waals surface area contributed by atoms with Crippen molar-refractivity contribution >= 4 is 11.6 Å². The maximum absolute atomic E-state index is 11.8. The number of hydrogen-bond donors (Lipinski definition) is 1. The van der Waals surface area contributed by atoms with Gasteiger partial charge in [0.2, 0.25) is 6.20 Å². The van der Waals surface area contributed by atoms with Crippen molar-refractivity contribution in [2.45, 2.75) is 6.54 Å². The van der Waals surface area contributed by atoms with Gasteiger partial charge < -0.3 is 24.4 Å². The number of methoxy groups -OCH3 is 2. The Morgan fingerprint density at radius 2 is 2.25 bits per heavy atom. The van der Waals surface area contributed by atoms with Crippen molar-refractivity contribution in [1.29, 1.82) is 0 Å². The normalized spacial score (nSPS) is 10.1. The van der Waals surface area contributed by atoms with Crippen LogP contribution in [0.4, 0.5) is 5.69 Å². The number of ether oxygens (including phenoxy) is 2. The number of benzene rings is 1. The molecule has 0 bridgehead atoms. The van der Waals surface area contributed by atoms with Gasteiger partial charge in [0.1, 0.15) is 17.4 Å². The zero-order valence-electron chi connectivity index (χ0n) is 11.0. The Bertz CT molecular complexity index is 611. The van der Waals surface area contributed by atoms with Crippen LogP contribution in [0.15, 0.2) is 28.9 Å². The van der Waals surface area contributed by atoms with Crippen molar-refractivity contribution in [3.8, 4) is 17.4 Å². The van der Waals surface area contributed by atoms with Gasteiger partial charge in [0, 0.05) is 6.07 Å². The van der Waals surface area contributed by atoms with Crippen molar-refractivity contribution in [2.75, 3.05) is 19.5 Å². The predicted molar refractivity (Wildman–Crippen MR) is 64.3 cm³/mol. The van der Waals surface area contributed by atoms with E-state index in [0.717, 1.165) is 10.9 Å². The Kier molecular flexibility index (Phi) is 4.04. The quantitative estimate of drug-likeness (QED) is 0.754. The number of rotatable bonds is 5. The highest BCUT2D eigenvalue weighted by atomic mass is 16.6. The number of carbonyl (C=O) groups excluding carboxylic acids is 1. The topological polar surface area (TPSA) is 101 Å². The first-order valence-electron chi connectivity index (χ1n) is 5.67. The molecule has 0 aliphatic heterocycles. The second kappa shape index (κ2) is 5.91. The Morgan fingerprint density at radius 3 is 2.85 bits per heavy atom. The van der Waals surface area contributed by atoms with E-state index < -0.39 is 5.95 Å². The molecule has 1 aromatic heterocycles. The molecule has 0 fully saturated rings. The number of nitrogens with one attached hydrogen (secondary N) is 1. The summed E-state index contributed by atoms with van der Waals surface area (Å²) in [6, 6.07) is 4.99. The van der Waals surface area contributed by atoms with Crippen LogP contribution < -0.4 is 24.6 Å². The Balaban J connectivity index is 2.07. The van der Waals surface area contributed by atoms with Crippen LogP contribution in [-0.2, 0) is 11.3 Å². The molecular formula is C12H13N3O5. The molecule has 0 aliphatic carbocycles. The van der Waals surface area contributed by atoms with Gasteiger partial charge in [-0.15, -0.1) is 0 Å². The van der Waals surface area contributed by atoms with E-state index in [0.29, 0.717) is 17.2 Å². The molecule has 20 heavy (non-hydrogen) atoms. The highest BCUT2D eigenvalue weighted by Gasteiger charge is 2.14. The van der Waals surface area contributed by atoms with Crippen LogP contribution >= 0.6 is 0 Å². The van der Waals surface area contributed by atoms with E-state index in [-0.39, 0.29) is 12.5 Å². The molecule has 1 aromatic carbocycles. The summed E-state index contributed by atoms with van der Waals surface area (Å²) in [6.07, 6.45) is 1.09. The third kappa shape index (κ3) is 3.16. The molecule has 1 N–H and O–H groups in total. The molecule has 0 spiro atoms. The number of nitrogens with zero attached hydrogens (tertiary/aromatic N) is 2. The minimum atomic E-state index is -0.611. The van der Waals surface area contributed by atoms with Crippen molar-refractivity contribution in [3.05, 3.63) is 24.4 Å². The van der Waals surface area contributed by atoms with Gasteiger partial charge >= 0.3 is 0 Å². The van der Waals surface area contributed by atoms with Gasteiger partial charge in [-0.2, -0.15) is 0 Å². The maximum Gasteiger partial charge on any atom is 0.293 e. The van der Waals surface area contributed by atoms with Crippen molar-refractivity contribution in [3.63, 3.8) is 0 Å². The fourth-order valence-electron chi connectivity index (χ4n) is 1.57. The lowest BCUT2D eigenvalue weighted by Gasteiger charge is -2.10. The number of hydrogen-bond acceptors (Lipinski definition) is 6. The van der Waals surface area contributed by atoms with E-state index in [1.54, 1.807) is 18.2 Å². The Morgan fingerprint density at radius 1 is 1.45 bits per heavy atom. The molecule has 0 aliphatic rings. The van der Waals surface area contributed by atoms with Crippen LogP contribution in [0.25, 0.3) is 0 Å². The van der Waals surface area contributed by atoms with Gasteiger partial charge in [-0.05, 0) is 12.1 Å². The Hall–Kier alpha value is -2.77. The summed E-state index contributed by atoms with van der Waals surface area (Å²) < 4.78 is 15.7. The lowest BCUT2D eigenvalue weighted by atomic mass is 10.2. The minimum absolute atomic E-state index is 0.138. The second-order valence-electron chi connectivity index (χ2n) is 3.83. The minimum Gasteiger partial charge on any atom is -0.539 e. The van der Waals surface area contributed by atoms with Crippen LogP contribution in [0.2, 0.25) is 0 Å². The lowest BCUT2D eigenvalue weighted by Crippen LogP contribution is -2.41. The number of aromatic nitrogens is 2.